The van der Waals surface area contributed by atoms with Gasteiger partial charge in [-0.05, 0) is 17.5 Å². The van der Waals surface area contributed by atoms with Crippen LogP contribution >= 0.6 is 34.5 Å². The highest BCUT2D eigenvalue weighted by atomic mass is 35.5. The van der Waals surface area contributed by atoms with Crippen molar-refractivity contribution in [3.05, 3.63) is 33.1 Å². The minimum Gasteiger partial charge on any atom is -0.465 e. The molecule has 0 saturated heterocycles. The lowest BCUT2D eigenvalue weighted by molar-refractivity contribution is 0.0606. The van der Waals surface area contributed by atoms with Gasteiger partial charge in [-0.2, -0.15) is 0 Å². The number of methoxy groups -OCH3 is 1. The van der Waals surface area contributed by atoms with Gasteiger partial charge in [0.2, 0.25) is 0 Å². The molecule has 5 heteroatoms. The third-order valence-corrected chi connectivity index (χ3v) is 4.03. The van der Waals surface area contributed by atoms with E-state index in [1.165, 1.54) is 18.4 Å². The van der Waals surface area contributed by atoms with Crippen molar-refractivity contribution < 1.29 is 9.53 Å². The fourth-order valence-electron chi connectivity index (χ4n) is 1.25. The Kier molecular flexibility index (Phi) is 2.87. The van der Waals surface area contributed by atoms with Crippen LogP contribution in [-0.4, -0.2) is 13.1 Å². The van der Waals surface area contributed by atoms with Gasteiger partial charge in [0.15, 0.2) is 0 Å². The van der Waals surface area contributed by atoms with Crippen molar-refractivity contribution in [3.8, 4) is 0 Å². The first-order valence-corrected chi connectivity index (χ1v) is 5.66. The van der Waals surface area contributed by atoms with Crippen LogP contribution in [0.3, 0.4) is 0 Å². The molecule has 0 bridgehead atoms. The first-order valence-electron chi connectivity index (χ1n) is 4.09. The second-order valence-electron chi connectivity index (χ2n) is 2.88. The molecule has 0 saturated carbocycles. The van der Waals surface area contributed by atoms with Crippen LogP contribution in [0, 0.1) is 0 Å². The van der Waals surface area contributed by atoms with E-state index >= 15 is 0 Å². The molecule has 0 atom stereocenters. The Bertz CT molecular complexity index is 533. The van der Waals surface area contributed by atoms with Crippen LogP contribution in [0.25, 0.3) is 10.1 Å². The number of carbonyl (C=O) groups excluding carboxylic acids is 1. The van der Waals surface area contributed by atoms with Crippen molar-refractivity contribution >= 4 is 50.6 Å². The number of hydrogen-bond donors (Lipinski definition) is 0. The van der Waals surface area contributed by atoms with E-state index in [1.54, 1.807) is 12.1 Å². The van der Waals surface area contributed by atoms with Gasteiger partial charge in [0.05, 0.1) is 21.9 Å². The molecule has 2 nitrogen and oxygen atoms in total. The van der Waals surface area contributed by atoms with Crippen LogP contribution in [-0.2, 0) is 4.74 Å². The standard InChI is InChI=1S/C10H6Cl2O2S/c1-14-10(13)7-4-5-2-3-6(11)8(12)9(5)15-7/h2-4H,1H3. The molecule has 0 aliphatic rings. The lowest BCUT2D eigenvalue weighted by Crippen LogP contribution is -1.96. The number of rotatable bonds is 1. The van der Waals surface area contributed by atoms with E-state index in [-0.39, 0.29) is 5.97 Å². The monoisotopic (exact) mass is 260 g/mol. The summed E-state index contributed by atoms with van der Waals surface area (Å²) in [6.07, 6.45) is 0. The van der Waals surface area contributed by atoms with Crippen LogP contribution in [0.15, 0.2) is 18.2 Å². The van der Waals surface area contributed by atoms with Crippen LogP contribution in [0.4, 0.5) is 0 Å². The highest BCUT2D eigenvalue weighted by Crippen LogP contribution is 2.36. The minimum absolute atomic E-state index is 0.358. The van der Waals surface area contributed by atoms with Gasteiger partial charge in [0.1, 0.15) is 4.88 Å². The minimum atomic E-state index is -0.358. The molecule has 0 aliphatic heterocycles. The maximum Gasteiger partial charge on any atom is 0.348 e. The van der Waals surface area contributed by atoms with E-state index in [0.717, 1.165) is 10.1 Å². The van der Waals surface area contributed by atoms with E-state index in [4.69, 9.17) is 23.2 Å². The van der Waals surface area contributed by atoms with E-state index in [9.17, 15) is 4.79 Å². The Labute approximate surface area is 100 Å². The van der Waals surface area contributed by atoms with Crippen LogP contribution < -0.4 is 0 Å². The van der Waals surface area contributed by atoms with Gasteiger partial charge >= 0.3 is 5.97 Å². The average Bonchev–Trinajstić information content (AvgIpc) is 2.67. The predicted molar refractivity (Wildman–Crippen MR) is 63.2 cm³/mol. The van der Waals surface area contributed by atoms with Gasteiger partial charge in [-0.15, -0.1) is 11.3 Å². The summed E-state index contributed by atoms with van der Waals surface area (Å²) in [5.41, 5.74) is 0. The summed E-state index contributed by atoms with van der Waals surface area (Å²) < 4.78 is 5.44. The third-order valence-electron chi connectivity index (χ3n) is 1.97. The van der Waals surface area contributed by atoms with Crippen molar-refractivity contribution in [2.24, 2.45) is 0 Å². The molecule has 1 aromatic heterocycles. The predicted octanol–water partition coefficient (Wildman–Crippen LogP) is 3.99. The molecule has 0 amide bonds. The molecule has 78 valence electrons. The number of fused-ring (bicyclic) bond motifs is 1. The quantitative estimate of drug-likeness (QED) is 0.725. The number of esters is 1. The van der Waals surface area contributed by atoms with Gasteiger partial charge in [-0.3, -0.25) is 0 Å². The zero-order valence-corrected chi connectivity index (χ0v) is 10.0. The van der Waals surface area contributed by atoms with Gasteiger partial charge in [-0.25, -0.2) is 4.79 Å². The summed E-state index contributed by atoms with van der Waals surface area (Å²) in [6, 6.07) is 5.28. The van der Waals surface area contributed by atoms with Gasteiger partial charge in [-0.1, -0.05) is 29.3 Å². The maximum atomic E-state index is 11.3. The van der Waals surface area contributed by atoms with Crippen LogP contribution in [0.5, 0.6) is 0 Å². The SMILES string of the molecule is COC(=O)c1cc2ccc(Cl)c(Cl)c2s1. The summed E-state index contributed by atoms with van der Waals surface area (Å²) in [4.78, 5) is 11.8. The molecule has 0 radical (unpaired) electrons. The summed E-state index contributed by atoms with van der Waals surface area (Å²) in [5, 5.41) is 1.87. The number of carbonyl (C=O) groups is 1. The Hall–Kier alpha value is -0.770. The van der Waals surface area contributed by atoms with E-state index in [2.05, 4.69) is 4.74 Å². The molecule has 1 heterocycles. The smallest absolute Gasteiger partial charge is 0.348 e. The van der Waals surface area contributed by atoms with Crippen molar-refractivity contribution in [1.29, 1.82) is 0 Å². The Balaban J connectivity index is 2.66. The molecule has 2 rings (SSSR count). The first kappa shape index (κ1) is 10.7. The van der Waals surface area contributed by atoms with Crippen molar-refractivity contribution in [2.75, 3.05) is 7.11 Å². The summed E-state index contributed by atoms with van der Waals surface area (Å²) >= 11 is 13.2. The molecule has 15 heavy (non-hydrogen) atoms. The molecule has 0 unspecified atom stereocenters. The highest BCUT2D eigenvalue weighted by molar-refractivity contribution is 7.21. The van der Waals surface area contributed by atoms with Crippen molar-refractivity contribution in [1.82, 2.24) is 0 Å². The Morgan fingerprint density at radius 3 is 2.80 bits per heavy atom. The van der Waals surface area contributed by atoms with Crippen molar-refractivity contribution in [3.63, 3.8) is 0 Å². The van der Waals surface area contributed by atoms with Crippen LogP contribution in [0.1, 0.15) is 9.67 Å². The zero-order valence-electron chi connectivity index (χ0n) is 7.71. The number of benzene rings is 1. The number of hydrogen-bond acceptors (Lipinski definition) is 3. The van der Waals surface area contributed by atoms with Gasteiger partial charge < -0.3 is 4.74 Å². The number of halogens is 2. The molecule has 0 aliphatic carbocycles. The normalized spacial score (nSPS) is 10.6. The topological polar surface area (TPSA) is 26.3 Å². The van der Waals surface area contributed by atoms with Gasteiger partial charge in [0.25, 0.3) is 0 Å². The molecule has 2 aromatic rings. The van der Waals surface area contributed by atoms with E-state index < -0.39 is 0 Å². The van der Waals surface area contributed by atoms with Crippen LogP contribution in [0.2, 0.25) is 10.0 Å². The van der Waals surface area contributed by atoms with E-state index in [1.807, 2.05) is 6.07 Å². The summed E-state index contributed by atoms with van der Waals surface area (Å²) in [5.74, 6) is -0.358. The zero-order chi connectivity index (χ0) is 11.0. The second-order valence-corrected chi connectivity index (χ2v) is 4.72. The molecular formula is C10H6Cl2O2S. The molecule has 0 fully saturated rings. The van der Waals surface area contributed by atoms with Gasteiger partial charge in [0, 0.05) is 0 Å². The lowest BCUT2D eigenvalue weighted by Gasteiger charge is -1.94. The maximum absolute atomic E-state index is 11.3. The fraction of sp³-hybridized carbons (Fsp3) is 0.100. The molecule has 0 N–H and O–H groups in total. The first-order chi connectivity index (χ1) is 7.13. The number of thiophene rings is 1. The Morgan fingerprint density at radius 1 is 1.40 bits per heavy atom. The third kappa shape index (κ3) is 1.83. The molecule has 1 aromatic carbocycles. The summed E-state index contributed by atoms with van der Waals surface area (Å²) in [7, 11) is 1.35. The molecule has 0 spiro atoms. The Morgan fingerprint density at radius 2 is 2.13 bits per heavy atom. The van der Waals surface area contributed by atoms with E-state index in [0.29, 0.717) is 14.9 Å². The fourth-order valence-corrected chi connectivity index (χ4v) is 2.76. The lowest BCUT2D eigenvalue weighted by atomic mass is 10.2. The highest BCUT2D eigenvalue weighted by Gasteiger charge is 2.13. The largest absolute Gasteiger partial charge is 0.465 e. The summed E-state index contributed by atoms with van der Waals surface area (Å²) in [6.45, 7) is 0. The number of ether oxygens (including phenoxy) is 1. The van der Waals surface area contributed by atoms with Crippen molar-refractivity contribution in [2.45, 2.75) is 0 Å². The second kappa shape index (κ2) is 4.00. The average molecular weight is 261 g/mol. The molecular weight excluding hydrogens is 255 g/mol.